The van der Waals surface area contributed by atoms with Crippen molar-refractivity contribution in [3.63, 3.8) is 0 Å². The summed E-state index contributed by atoms with van der Waals surface area (Å²) in [5.41, 5.74) is 8.46. The zero-order valence-electron chi connectivity index (χ0n) is 10.6. The van der Waals surface area contributed by atoms with Crippen LogP contribution in [0.2, 0.25) is 0 Å². The van der Waals surface area contributed by atoms with Gasteiger partial charge in [0.1, 0.15) is 12.1 Å². The first kappa shape index (κ1) is 12.3. The minimum atomic E-state index is 0.200. The normalized spacial score (nSPS) is 17.1. The second kappa shape index (κ2) is 5.96. The summed E-state index contributed by atoms with van der Waals surface area (Å²) in [6, 6.07) is 0.200. The molecule has 0 saturated carbocycles. The zero-order chi connectivity index (χ0) is 12.1. The lowest BCUT2D eigenvalue weighted by atomic mass is 10.1. The number of nitrogens with zero attached hydrogens (tertiary/aromatic N) is 2. The van der Waals surface area contributed by atoms with Gasteiger partial charge in [0, 0.05) is 23.8 Å². The van der Waals surface area contributed by atoms with Crippen molar-refractivity contribution in [1.82, 2.24) is 9.97 Å². The number of nitrogens with one attached hydrogen (secondary N) is 1. The topological polar surface area (TPSA) is 63.8 Å². The largest absolute Gasteiger partial charge is 0.368 e. The van der Waals surface area contributed by atoms with Gasteiger partial charge >= 0.3 is 0 Å². The lowest BCUT2D eigenvalue weighted by molar-refractivity contribution is 0.676. The Hall–Kier alpha value is -1.16. The van der Waals surface area contributed by atoms with E-state index in [0.29, 0.717) is 0 Å². The molecular formula is C13H22N4. The number of aryl methyl sites for hydroxylation is 1. The molecular weight excluding hydrogens is 212 g/mol. The van der Waals surface area contributed by atoms with E-state index in [0.717, 1.165) is 31.6 Å². The van der Waals surface area contributed by atoms with Gasteiger partial charge in [-0.2, -0.15) is 0 Å². The Balaban J connectivity index is 2.11. The molecule has 1 aliphatic carbocycles. The molecule has 1 atom stereocenters. The lowest BCUT2D eigenvalue weighted by Crippen LogP contribution is -2.28. The van der Waals surface area contributed by atoms with E-state index in [2.05, 4.69) is 22.2 Å². The Morgan fingerprint density at radius 1 is 1.29 bits per heavy atom. The number of fused-ring (bicyclic) bond motifs is 1. The molecule has 0 saturated heterocycles. The maximum absolute atomic E-state index is 5.92. The highest BCUT2D eigenvalue weighted by Gasteiger charge is 2.14. The Morgan fingerprint density at radius 3 is 2.94 bits per heavy atom. The molecule has 4 nitrogen and oxygen atoms in total. The van der Waals surface area contributed by atoms with Crippen molar-refractivity contribution in [3.05, 3.63) is 17.6 Å². The van der Waals surface area contributed by atoms with Crippen LogP contribution in [0.25, 0.3) is 0 Å². The molecule has 1 aromatic rings. The van der Waals surface area contributed by atoms with Gasteiger partial charge in [0.25, 0.3) is 0 Å². The van der Waals surface area contributed by atoms with Crippen molar-refractivity contribution in [1.29, 1.82) is 0 Å². The summed E-state index contributed by atoms with van der Waals surface area (Å²) >= 11 is 0. The van der Waals surface area contributed by atoms with Gasteiger partial charge in [-0.1, -0.05) is 13.3 Å². The van der Waals surface area contributed by atoms with Crippen LogP contribution in [-0.2, 0) is 12.8 Å². The van der Waals surface area contributed by atoms with E-state index in [1.165, 1.54) is 30.5 Å². The fraction of sp³-hybridized carbons (Fsp3) is 0.692. The molecule has 0 amide bonds. The summed E-state index contributed by atoms with van der Waals surface area (Å²) in [5.74, 6) is 1.00. The molecule has 0 radical (unpaired) electrons. The maximum atomic E-state index is 5.92. The van der Waals surface area contributed by atoms with E-state index in [9.17, 15) is 0 Å². The van der Waals surface area contributed by atoms with Crippen molar-refractivity contribution < 1.29 is 0 Å². The van der Waals surface area contributed by atoms with E-state index in [1.54, 1.807) is 6.33 Å². The highest BCUT2D eigenvalue weighted by atomic mass is 15.0. The first-order chi connectivity index (χ1) is 8.31. The van der Waals surface area contributed by atoms with Gasteiger partial charge in [-0.05, 0) is 32.1 Å². The van der Waals surface area contributed by atoms with Crippen LogP contribution in [0.4, 0.5) is 5.82 Å². The van der Waals surface area contributed by atoms with Crippen molar-refractivity contribution in [3.8, 4) is 0 Å². The van der Waals surface area contributed by atoms with Crippen molar-refractivity contribution in [2.24, 2.45) is 5.73 Å². The predicted octanol–water partition coefficient (Wildman–Crippen LogP) is 1.89. The third kappa shape index (κ3) is 3.16. The Morgan fingerprint density at radius 2 is 2.12 bits per heavy atom. The molecule has 0 fully saturated rings. The summed E-state index contributed by atoms with van der Waals surface area (Å²) in [4.78, 5) is 8.77. The molecule has 3 N–H and O–H groups in total. The van der Waals surface area contributed by atoms with Crippen LogP contribution in [0.1, 0.15) is 43.9 Å². The molecule has 0 spiro atoms. The van der Waals surface area contributed by atoms with Crippen LogP contribution in [-0.4, -0.2) is 22.6 Å². The maximum Gasteiger partial charge on any atom is 0.132 e. The lowest BCUT2D eigenvalue weighted by Gasteiger charge is -2.14. The predicted molar refractivity (Wildman–Crippen MR) is 70.0 cm³/mol. The molecule has 2 rings (SSSR count). The summed E-state index contributed by atoms with van der Waals surface area (Å²) < 4.78 is 0. The minimum absolute atomic E-state index is 0.200. The van der Waals surface area contributed by atoms with Crippen LogP contribution in [0.3, 0.4) is 0 Å². The highest BCUT2D eigenvalue weighted by molar-refractivity contribution is 5.46. The number of anilines is 1. The zero-order valence-corrected chi connectivity index (χ0v) is 10.6. The van der Waals surface area contributed by atoms with E-state index >= 15 is 0 Å². The third-order valence-corrected chi connectivity index (χ3v) is 3.43. The Labute approximate surface area is 103 Å². The molecule has 1 aliphatic rings. The molecule has 1 unspecified atom stereocenters. The molecule has 1 heterocycles. The average molecular weight is 234 g/mol. The highest BCUT2D eigenvalue weighted by Crippen LogP contribution is 2.23. The van der Waals surface area contributed by atoms with Crippen LogP contribution < -0.4 is 11.1 Å². The summed E-state index contributed by atoms with van der Waals surface area (Å²) in [6.45, 7) is 2.90. The van der Waals surface area contributed by atoms with Gasteiger partial charge in [-0.15, -0.1) is 0 Å². The van der Waals surface area contributed by atoms with E-state index in [-0.39, 0.29) is 6.04 Å². The van der Waals surface area contributed by atoms with Gasteiger partial charge in [0.2, 0.25) is 0 Å². The fourth-order valence-electron chi connectivity index (χ4n) is 2.22. The third-order valence-electron chi connectivity index (χ3n) is 3.43. The molecule has 17 heavy (non-hydrogen) atoms. The standard InChI is InChI=1S/C13H22N4/c1-2-10(14)8-15-13-11-6-4-3-5-7-12(11)16-9-17-13/h9-10H,2-8,14H2,1H3,(H,15,16,17). The number of nitrogens with two attached hydrogens (primary N) is 1. The smallest absolute Gasteiger partial charge is 0.132 e. The Bertz CT molecular complexity index is 364. The van der Waals surface area contributed by atoms with Crippen molar-refractivity contribution >= 4 is 5.82 Å². The van der Waals surface area contributed by atoms with Crippen LogP contribution in [0.15, 0.2) is 6.33 Å². The average Bonchev–Trinajstić information content (AvgIpc) is 2.61. The van der Waals surface area contributed by atoms with Gasteiger partial charge in [0.05, 0.1) is 0 Å². The summed E-state index contributed by atoms with van der Waals surface area (Å²) in [5, 5.41) is 3.38. The molecule has 94 valence electrons. The first-order valence-corrected chi connectivity index (χ1v) is 6.63. The quantitative estimate of drug-likeness (QED) is 0.781. The molecule has 0 bridgehead atoms. The molecule has 1 aromatic heterocycles. The van der Waals surface area contributed by atoms with Crippen LogP contribution >= 0.6 is 0 Å². The van der Waals surface area contributed by atoms with E-state index < -0.39 is 0 Å². The second-order valence-electron chi connectivity index (χ2n) is 4.76. The molecule has 0 aromatic carbocycles. The Kier molecular flexibility index (Phi) is 4.31. The molecule has 4 heteroatoms. The number of hydrogen-bond acceptors (Lipinski definition) is 4. The monoisotopic (exact) mass is 234 g/mol. The molecule has 0 aliphatic heterocycles. The number of aromatic nitrogens is 2. The van der Waals surface area contributed by atoms with E-state index in [4.69, 9.17) is 5.73 Å². The van der Waals surface area contributed by atoms with Gasteiger partial charge in [0.15, 0.2) is 0 Å². The minimum Gasteiger partial charge on any atom is -0.368 e. The van der Waals surface area contributed by atoms with Crippen LogP contribution in [0.5, 0.6) is 0 Å². The second-order valence-corrected chi connectivity index (χ2v) is 4.76. The fourth-order valence-corrected chi connectivity index (χ4v) is 2.22. The number of hydrogen-bond donors (Lipinski definition) is 2. The first-order valence-electron chi connectivity index (χ1n) is 6.63. The van der Waals surface area contributed by atoms with Crippen molar-refractivity contribution in [2.45, 2.75) is 51.5 Å². The van der Waals surface area contributed by atoms with Gasteiger partial charge < -0.3 is 11.1 Å². The SMILES string of the molecule is CCC(N)CNc1ncnc2c1CCCCC2. The summed E-state index contributed by atoms with van der Waals surface area (Å²) in [7, 11) is 0. The van der Waals surface area contributed by atoms with E-state index in [1.807, 2.05) is 0 Å². The van der Waals surface area contributed by atoms with Gasteiger partial charge in [-0.3, -0.25) is 0 Å². The summed E-state index contributed by atoms with van der Waals surface area (Å²) in [6.07, 6.45) is 8.63. The number of rotatable bonds is 4. The van der Waals surface area contributed by atoms with Gasteiger partial charge in [-0.25, -0.2) is 9.97 Å². The van der Waals surface area contributed by atoms with Crippen molar-refractivity contribution in [2.75, 3.05) is 11.9 Å². The van der Waals surface area contributed by atoms with Crippen LogP contribution in [0, 0.1) is 0 Å².